The van der Waals surface area contributed by atoms with Gasteiger partial charge >= 0.3 is 5.97 Å². The van der Waals surface area contributed by atoms with Gasteiger partial charge in [0.25, 0.3) is 0 Å². The van der Waals surface area contributed by atoms with Crippen molar-refractivity contribution in [3.05, 3.63) is 0 Å². The van der Waals surface area contributed by atoms with Gasteiger partial charge in [-0.15, -0.1) is 0 Å². The highest BCUT2D eigenvalue weighted by molar-refractivity contribution is 5.74. The van der Waals surface area contributed by atoms with E-state index in [9.17, 15) is 9.90 Å². The lowest BCUT2D eigenvalue weighted by Gasteiger charge is -2.64. The maximum atomic E-state index is 12.8. The minimum Gasteiger partial charge on any atom is -0.469 e. The number of aliphatic hydroxyl groups is 1. The minimum absolute atomic E-state index is 0.00326. The molecule has 0 spiro atoms. The number of carbonyl (C=O) groups excluding carboxylic acids is 1. The number of hydrogen-bond donors (Lipinski definition) is 2. The van der Waals surface area contributed by atoms with E-state index in [4.69, 9.17) is 9.47 Å². The van der Waals surface area contributed by atoms with Gasteiger partial charge in [-0.1, -0.05) is 27.7 Å². The number of nitrogens with one attached hydrogen (secondary N) is 1. The van der Waals surface area contributed by atoms with Crippen LogP contribution in [0.4, 0.5) is 0 Å². The summed E-state index contributed by atoms with van der Waals surface area (Å²) < 4.78 is 11.4. The first kappa shape index (κ1) is 25.4. The van der Waals surface area contributed by atoms with Crippen molar-refractivity contribution in [2.24, 2.45) is 46.3 Å². The number of fused-ring (bicyclic) bond motifs is 5. The van der Waals surface area contributed by atoms with E-state index >= 15 is 0 Å². The Hall–Kier alpha value is -0.650. The number of aliphatic hydroxyl groups excluding tert-OH is 1. The molecule has 5 heteroatoms. The molecule has 0 unspecified atom stereocenters. The summed E-state index contributed by atoms with van der Waals surface area (Å²) in [4.78, 5) is 12.8. The van der Waals surface area contributed by atoms with Gasteiger partial charge in [0.1, 0.15) is 0 Å². The molecule has 0 aromatic carbocycles. The zero-order valence-corrected chi connectivity index (χ0v) is 21.9. The summed E-state index contributed by atoms with van der Waals surface area (Å²) in [7, 11) is 1.55. The van der Waals surface area contributed by atoms with E-state index in [1.165, 1.54) is 19.3 Å². The maximum Gasteiger partial charge on any atom is 0.309 e. The molecule has 4 fully saturated rings. The van der Waals surface area contributed by atoms with Crippen LogP contribution in [0.5, 0.6) is 0 Å². The topological polar surface area (TPSA) is 67.8 Å². The van der Waals surface area contributed by atoms with Crippen molar-refractivity contribution in [3.8, 4) is 0 Å². The highest BCUT2D eigenvalue weighted by Gasteiger charge is 2.65. The van der Waals surface area contributed by atoms with Crippen LogP contribution in [-0.2, 0) is 14.3 Å². The molecule has 10 atom stereocenters. The Morgan fingerprint density at radius 1 is 1.12 bits per heavy atom. The Bertz CT molecular complexity index is 697. The number of esters is 1. The maximum absolute atomic E-state index is 12.8. The van der Waals surface area contributed by atoms with Crippen LogP contribution in [0.3, 0.4) is 0 Å². The van der Waals surface area contributed by atoms with E-state index in [1.54, 1.807) is 7.11 Å². The first-order chi connectivity index (χ1) is 15.7. The summed E-state index contributed by atoms with van der Waals surface area (Å²) in [6.07, 6.45) is 8.22. The van der Waals surface area contributed by atoms with Gasteiger partial charge in [-0.2, -0.15) is 0 Å². The minimum atomic E-state index is -0.337. The fraction of sp³-hybridized carbons (Fsp3) is 0.964. The van der Waals surface area contributed by atoms with Gasteiger partial charge < -0.3 is 19.9 Å². The largest absolute Gasteiger partial charge is 0.469 e. The molecule has 0 amide bonds. The third-order valence-electron chi connectivity index (χ3n) is 10.6. The molecule has 0 heterocycles. The Kier molecular flexibility index (Phi) is 7.54. The third kappa shape index (κ3) is 4.40. The lowest BCUT2D eigenvalue weighted by atomic mass is 9.43. The molecule has 4 saturated carbocycles. The van der Waals surface area contributed by atoms with Crippen LogP contribution in [0.25, 0.3) is 0 Å². The average molecular weight is 464 g/mol. The highest BCUT2D eigenvalue weighted by atomic mass is 16.5. The Balaban J connectivity index is 1.67. The SMILES string of the molecule is CCO[C@H]1C[C@@]2(C)[C@@H](CC[C@@H]3[C@@H]2[C@H](NCCC(C)C)C[C@]2(C)[C@@H](C(=O)OC)CC[C@@H]32)C[C@@H]1O. The van der Waals surface area contributed by atoms with Gasteiger partial charge in [-0.3, -0.25) is 4.79 Å². The second-order valence-electron chi connectivity index (χ2n) is 12.7. The van der Waals surface area contributed by atoms with Gasteiger partial charge in [-0.25, -0.2) is 0 Å². The second-order valence-corrected chi connectivity index (χ2v) is 12.7. The fourth-order valence-electron chi connectivity index (χ4n) is 9.11. The number of rotatable bonds is 7. The van der Waals surface area contributed by atoms with Crippen LogP contribution < -0.4 is 5.32 Å². The first-order valence-electron chi connectivity index (χ1n) is 13.8. The Morgan fingerprint density at radius 2 is 1.88 bits per heavy atom. The smallest absolute Gasteiger partial charge is 0.309 e. The molecular weight excluding hydrogens is 414 g/mol. The molecule has 33 heavy (non-hydrogen) atoms. The molecule has 0 bridgehead atoms. The summed E-state index contributed by atoms with van der Waals surface area (Å²) >= 11 is 0. The molecule has 2 N–H and O–H groups in total. The molecule has 0 saturated heterocycles. The van der Waals surface area contributed by atoms with Crippen molar-refractivity contribution in [2.75, 3.05) is 20.3 Å². The van der Waals surface area contributed by atoms with E-state index in [0.29, 0.717) is 42.2 Å². The van der Waals surface area contributed by atoms with Crippen LogP contribution in [0, 0.1) is 46.3 Å². The number of hydrogen-bond acceptors (Lipinski definition) is 5. The Labute approximate surface area is 201 Å². The zero-order valence-electron chi connectivity index (χ0n) is 21.9. The fourth-order valence-corrected chi connectivity index (χ4v) is 9.11. The summed E-state index contributed by atoms with van der Waals surface area (Å²) in [5.41, 5.74) is 0.183. The van der Waals surface area contributed by atoms with Crippen molar-refractivity contribution >= 4 is 5.97 Å². The van der Waals surface area contributed by atoms with E-state index in [-0.39, 0.29) is 34.9 Å². The van der Waals surface area contributed by atoms with Crippen molar-refractivity contribution in [2.45, 2.75) is 104 Å². The standard InChI is InChI=1S/C28H49NO4/c1-7-33-24-16-27(4)18(14-23(24)30)8-9-19-20-10-11-21(26(31)32-6)28(20,5)15-22(25(19)27)29-13-12-17(2)3/h17-25,29-30H,7-16H2,1-6H3/t18-,19-,20-,21+,22+,23-,24-,25+,27-,28-/m0/s1. The molecule has 5 nitrogen and oxygen atoms in total. The van der Waals surface area contributed by atoms with Gasteiger partial charge in [0.15, 0.2) is 0 Å². The van der Waals surface area contributed by atoms with Crippen molar-refractivity contribution in [1.82, 2.24) is 5.32 Å². The molecule has 0 aromatic rings. The number of ether oxygens (including phenoxy) is 2. The molecule has 4 aliphatic carbocycles. The molecule has 4 rings (SSSR count). The van der Waals surface area contributed by atoms with E-state index in [2.05, 4.69) is 33.0 Å². The third-order valence-corrected chi connectivity index (χ3v) is 10.6. The second kappa shape index (κ2) is 9.78. The van der Waals surface area contributed by atoms with Crippen LogP contribution in [0.15, 0.2) is 0 Å². The molecule has 4 aliphatic rings. The van der Waals surface area contributed by atoms with Crippen molar-refractivity contribution in [1.29, 1.82) is 0 Å². The van der Waals surface area contributed by atoms with Gasteiger partial charge in [0.05, 0.1) is 25.2 Å². The van der Waals surface area contributed by atoms with Crippen LogP contribution in [0.1, 0.15) is 86.0 Å². The van der Waals surface area contributed by atoms with Gasteiger partial charge in [0, 0.05) is 12.6 Å². The van der Waals surface area contributed by atoms with Gasteiger partial charge in [0.2, 0.25) is 0 Å². The normalized spacial score (nSPS) is 47.0. The predicted molar refractivity (Wildman–Crippen MR) is 131 cm³/mol. The quantitative estimate of drug-likeness (QED) is 0.531. The van der Waals surface area contributed by atoms with Crippen LogP contribution in [-0.4, -0.2) is 49.6 Å². The molecule has 0 aromatic heterocycles. The van der Waals surface area contributed by atoms with Crippen molar-refractivity contribution in [3.63, 3.8) is 0 Å². The lowest BCUT2D eigenvalue weighted by molar-refractivity contribution is -0.182. The zero-order chi connectivity index (χ0) is 24.0. The molecule has 0 aliphatic heterocycles. The number of methoxy groups -OCH3 is 1. The molecular formula is C28H49NO4. The summed E-state index contributed by atoms with van der Waals surface area (Å²) in [6.45, 7) is 13.2. The van der Waals surface area contributed by atoms with Gasteiger partial charge in [-0.05, 0) is 105 Å². The average Bonchev–Trinajstić information content (AvgIpc) is 3.10. The molecule has 190 valence electrons. The van der Waals surface area contributed by atoms with Crippen molar-refractivity contribution < 1.29 is 19.4 Å². The van der Waals surface area contributed by atoms with Crippen LogP contribution >= 0.6 is 0 Å². The summed E-state index contributed by atoms with van der Waals surface area (Å²) in [5.74, 6) is 3.06. The Morgan fingerprint density at radius 3 is 2.55 bits per heavy atom. The molecule has 0 radical (unpaired) electrons. The predicted octanol–water partition coefficient (Wildman–Crippen LogP) is 4.81. The van der Waals surface area contributed by atoms with E-state index < -0.39 is 0 Å². The summed E-state index contributed by atoms with van der Waals surface area (Å²) in [6, 6.07) is 0.408. The first-order valence-corrected chi connectivity index (χ1v) is 13.8. The number of carbonyl (C=O) groups is 1. The van der Waals surface area contributed by atoms with Crippen LogP contribution in [0.2, 0.25) is 0 Å². The lowest BCUT2D eigenvalue weighted by Crippen LogP contribution is -2.64. The van der Waals surface area contributed by atoms with E-state index in [1.807, 2.05) is 6.92 Å². The van der Waals surface area contributed by atoms with E-state index in [0.717, 1.165) is 38.6 Å². The summed E-state index contributed by atoms with van der Waals surface area (Å²) in [5, 5.41) is 14.9. The monoisotopic (exact) mass is 463 g/mol. The highest BCUT2D eigenvalue weighted by Crippen LogP contribution is 2.67.